The van der Waals surface area contributed by atoms with Crippen LogP contribution in [-0.2, 0) is 9.53 Å². The van der Waals surface area contributed by atoms with Crippen LogP contribution in [0.5, 0.6) is 0 Å². The number of nitrogens with zero attached hydrogens (tertiary/aromatic N) is 1. The number of amides is 1. The van der Waals surface area contributed by atoms with E-state index in [1.165, 1.54) is 0 Å². The topological polar surface area (TPSA) is 81.6 Å². The number of hydrogen-bond acceptors (Lipinski definition) is 4. The molecule has 1 rings (SSSR count). The highest BCUT2D eigenvalue weighted by Crippen LogP contribution is 2.10. The Balaban J connectivity index is 2.36. The number of hydrogen-bond donors (Lipinski definition) is 2. The molecule has 0 saturated carbocycles. The maximum absolute atomic E-state index is 10.6. The molecule has 1 amide bonds. The summed E-state index contributed by atoms with van der Waals surface area (Å²) in [5.41, 5.74) is 10.6. The van der Waals surface area contributed by atoms with Crippen LogP contribution in [0.1, 0.15) is 13.3 Å². The maximum atomic E-state index is 10.6. The summed E-state index contributed by atoms with van der Waals surface area (Å²) in [4.78, 5) is 12.8. The van der Waals surface area contributed by atoms with Crippen molar-refractivity contribution in [2.24, 2.45) is 11.5 Å². The number of ether oxygens (including phenoxy) is 1. The van der Waals surface area contributed by atoms with E-state index in [2.05, 4.69) is 11.8 Å². The Bertz CT molecular complexity index is 198. The Kier molecular flexibility index (Phi) is 4.31. The van der Waals surface area contributed by atoms with Gasteiger partial charge in [0.15, 0.2) is 0 Å². The van der Waals surface area contributed by atoms with Gasteiger partial charge in [0.1, 0.15) is 0 Å². The minimum atomic E-state index is -0.256. The molecule has 1 aliphatic heterocycles. The van der Waals surface area contributed by atoms with E-state index in [-0.39, 0.29) is 12.0 Å². The van der Waals surface area contributed by atoms with Gasteiger partial charge in [-0.15, -0.1) is 0 Å². The largest absolute Gasteiger partial charge is 0.374 e. The normalized spacial score (nSPS) is 29.0. The molecule has 0 bridgehead atoms. The lowest BCUT2D eigenvalue weighted by Crippen LogP contribution is -2.51. The summed E-state index contributed by atoms with van der Waals surface area (Å²) in [5.74, 6) is -0.256. The number of morpholine rings is 1. The van der Waals surface area contributed by atoms with Crippen molar-refractivity contribution < 1.29 is 9.53 Å². The van der Waals surface area contributed by atoms with Crippen molar-refractivity contribution in [2.75, 3.05) is 26.2 Å². The minimum absolute atomic E-state index is 0.0964. The first-order chi connectivity index (χ1) is 6.63. The van der Waals surface area contributed by atoms with Crippen LogP contribution in [0.4, 0.5) is 0 Å². The van der Waals surface area contributed by atoms with E-state index in [9.17, 15) is 4.79 Å². The van der Waals surface area contributed by atoms with Gasteiger partial charge in [0.2, 0.25) is 5.91 Å². The number of primary amides is 1. The van der Waals surface area contributed by atoms with Crippen LogP contribution in [0.3, 0.4) is 0 Å². The standard InChI is InChI=1S/C9H19N3O2/c1-7-6-14-8(4-10)5-12(7)3-2-9(11)13/h7-8H,2-6,10H2,1H3,(H2,11,13). The first-order valence-corrected chi connectivity index (χ1v) is 4.97. The fourth-order valence-corrected chi connectivity index (χ4v) is 1.58. The monoisotopic (exact) mass is 201 g/mol. The quantitative estimate of drug-likeness (QED) is 0.605. The highest BCUT2D eigenvalue weighted by molar-refractivity contribution is 5.73. The van der Waals surface area contributed by atoms with Crippen molar-refractivity contribution in [3.05, 3.63) is 0 Å². The Morgan fingerprint density at radius 2 is 2.36 bits per heavy atom. The smallest absolute Gasteiger partial charge is 0.218 e. The van der Waals surface area contributed by atoms with Crippen molar-refractivity contribution >= 4 is 5.91 Å². The fraction of sp³-hybridized carbons (Fsp3) is 0.889. The van der Waals surface area contributed by atoms with E-state index in [4.69, 9.17) is 16.2 Å². The van der Waals surface area contributed by atoms with Gasteiger partial charge in [-0.1, -0.05) is 0 Å². The van der Waals surface area contributed by atoms with Gasteiger partial charge in [-0.2, -0.15) is 0 Å². The molecule has 0 aromatic carbocycles. The predicted molar refractivity (Wildman–Crippen MR) is 53.6 cm³/mol. The highest BCUT2D eigenvalue weighted by Gasteiger charge is 2.24. The van der Waals surface area contributed by atoms with E-state index in [0.29, 0.717) is 32.2 Å². The van der Waals surface area contributed by atoms with Crippen LogP contribution in [0.15, 0.2) is 0 Å². The van der Waals surface area contributed by atoms with Crippen molar-refractivity contribution in [3.63, 3.8) is 0 Å². The molecule has 1 heterocycles. The Labute approximate surface area is 84.4 Å². The van der Waals surface area contributed by atoms with Crippen molar-refractivity contribution in [3.8, 4) is 0 Å². The first kappa shape index (κ1) is 11.4. The molecule has 0 spiro atoms. The van der Waals surface area contributed by atoms with E-state index >= 15 is 0 Å². The van der Waals surface area contributed by atoms with Gasteiger partial charge in [-0.25, -0.2) is 0 Å². The summed E-state index contributed by atoms with van der Waals surface area (Å²) in [5, 5.41) is 0. The molecule has 0 aromatic rings. The molecule has 82 valence electrons. The van der Waals surface area contributed by atoms with Gasteiger partial charge in [0.25, 0.3) is 0 Å². The van der Waals surface area contributed by atoms with Gasteiger partial charge in [-0.05, 0) is 6.92 Å². The SMILES string of the molecule is CC1COC(CN)CN1CCC(N)=O. The fourth-order valence-electron chi connectivity index (χ4n) is 1.58. The number of carbonyl (C=O) groups excluding carboxylic acids is 1. The predicted octanol–water partition coefficient (Wildman–Crippen LogP) is -1.09. The van der Waals surface area contributed by atoms with Crippen LogP contribution in [-0.4, -0.2) is 49.2 Å². The van der Waals surface area contributed by atoms with Crippen molar-refractivity contribution in [2.45, 2.75) is 25.5 Å². The van der Waals surface area contributed by atoms with Crippen LogP contribution in [0, 0.1) is 0 Å². The third-order valence-corrected chi connectivity index (χ3v) is 2.54. The maximum Gasteiger partial charge on any atom is 0.218 e. The molecule has 5 heteroatoms. The molecule has 1 saturated heterocycles. The molecular weight excluding hydrogens is 182 g/mol. The molecule has 1 fully saturated rings. The van der Waals surface area contributed by atoms with Gasteiger partial charge < -0.3 is 16.2 Å². The van der Waals surface area contributed by atoms with Crippen LogP contribution >= 0.6 is 0 Å². The molecule has 0 aromatic heterocycles. The minimum Gasteiger partial charge on any atom is -0.374 e. The Morgan fingerprint density at radius 3 is 2.93 bits per heavy atom. The van der Waals surface area contributed by atoms with Crippen LogP contribution in [0.25, 0.3) is 0 Å². The van der Waals surface area contributed by atoms with Crippen LogP contribution in [0.2, 0.25) is 0 Å². The van der Waals surface area contributed by atoms with E-state index in [1.807, 2.05) is 0 Å². The van der Waals surface area contributed by atoms with Crippen LogP contribution < -0.4 is 11.5 Å². The molecule has 1 aliphatic rings. The van der Waals surface area contributed by atoms with Crippen molar-refractivity contribution in [1.82, 2.24) is 4.90 Å². The number of nitrogens with two attached hydrogens (primary N) is 2. The molecule has 2 atom stereocenters. The average molecular weight is 201 g/mol. The zero-order valence-corrected chi connectivity index (χ0v) is 8.61. The molecule has 0 radical (unpaired) electrons. The summed E-state index contributed by atoms with van der Waals surface area (Å²) in [7, 11) is 0. The Hall–Kier alpha value is -0.650. The number of carbonyl (C=O) groups is 1. The first-order valence-electron chi connectivity index (χ1n) is 4.97. The molecule has 14 heavy (non-hydrogen) atoms. The van der Waals surface area contributed by atoms with Gasteiger partial charge in [0.05, 0.1) is 12.7 Å². The van der Waals surface area contributed by atoms with E-state index in [0.717, 1.165) is 6.54 Å². The Morgan fingerprint density at radius 1 is 1.64 bits per heavy atom. The average Bonchev–Trinajstić information content (AvgIpc) is 2.16. The van der Waals surface area contributed by atoms with E-state index in [1.54, 1.807) is 0 Å². The molecule has 2 unspecified atom stereocenters. The lowest BCUT2D eigenvalue weighted by molar-refractivity contribution is -0.119. The second kappa shape index (κ2) is 5.29. The molecule has 5 nitrogen and oxygen atoms in total. The summed E-state index contributed by atoms with van der Waals surface area (Å²) >= 11 is 0. The van der Waals surface area contributed by atoms with Crippen molar-refractivity contribution in [1.29, 1.82) is 0 Å². The van der Waals surface area contributed by atoms with Gasteiger partial charge in [0, 0.05) is 32.1 Å². The summed E-state index contributed by atoms with van der Waals surface area (Å²) in [6, 6.07) is 0.345. The van der Waals surface area contributed by atoms with Gasteiger partial charge in [-0.3, -0.25) is 9.69 Å². The lowest BCUT2D eigenvalue weighted by Gasteiger charge is -2.37. The van der Waals surface area contributed by atoms with Gasteiger partial charge >= 0.3 is 0 Å². The zero-order valence-electron chi connectivity index (χ0n) is 8.61. The molecule has 0 aliphatic carbocycles. The highest BCUT2D eigenvalue weighted by atomic mass is 16.5. The second-order valence-electron chi connectivity index (χ2n) is 3.75. The zero-order chi connectivity index (χ0) is 10.6. The van der Waals surface area contributed by atoms with E-state index < -0.39 is 0 Å². The summed E-state index contributed by atoms with van der Waals surface area (Å²) in [6.07, 6.45) is 0.501. The summed E-state index contributed by atoms with van der Waals surface area (Å²) in [6.45, 7) is 4.79. The second-order valence-corrected chi connectivity index (χ2v) is 3.75. The number of rotatable bonds is 4. The molecule has 4 N–H and O–H groups in total. The third kappa shape index (κ3) is 3.25. The summed E-state index contributed by atoms with van der Waals surface area (Å²) < 4.78 is 5.49. The lowest BCUT2D eigenvalue weighted by atomic mass is 10.2. The third-order valence-electron chi connectivity index (χ3n) is 2.54. The molecular formula is C9H19N3O2.